The summed E-state index contributed by atoms with van der Waals surface area (Å²) in [5.41, 5.74) is 3.48. The molecule has 30 heavy (non-hydrogen) atoms. The Labute approximate surface area is 179 Å². The molecule has 1 aliphatic rings. The van der Waals surface area contributed by atoms with Gasteiger partial charge in [0.05, 0.1) is 16.9 Å². The molecule has 0 spiro atoms. The van der Waals surface area contributed by atoms with Crippen LogP contribution in [-0.2, 0) is 13.0 Å². The number of rotatable bonds is 4. The van der Waals surface area contributed by atoms with Gasteiger partial charge in [-0.15, -0.1) is 0 Å². The molecule has 1 aliphatic carbocycles. The van der Waals surface area contributed by atoms with Crippen molar-refractivity contribution in [3.63, 3.8) is 0 Å². The average Bonchev–Trinajstić information content (AvgIpc) is 3.18. The Morgan fingerprint density at radius 2 is 1.93 bits per heavy atom. The van der Waals surface area contributed by atoms with Crippen LogP contribution < -0.4 is 4.57 Å². The van der Waals surface area contributed by atoms with E-state index in [0.29, 0.717) is 10.6 Å². The van der Waals surface area contributed by atoms with Crippen molar-refractivity contribution in [3.05, 3.63) is 101 Å². The van der Waals surface area contributed by atoms with Crippen LogP contribution in [0.15, 0.2) is 79.3 Å². The molecule has 0 saturated carbocycles. The smallest absolute Gasteiger partial charge is 0.227 e. The summed E-state index contributed by atoms with van der Waals surface area (Å²) >= 11 is 6.12. The van der Waals surface area contributed by atoms with Gasteiger partial charge < -0.3 is 4.57 Å². The van der Waals surface area contributed by atoms with Crippen molar-refractivity contribution in [2.45, 2.75) is 25.4 Å². The van der Waals surface area contributed by atoms with Crippen LogP contribution in [-0.4, -0.2) is 16.1 Å². The lowest BCUT2D eigenvalue weighted by Crippen LogP contribution is -2.37. The second kappa shape index (κ2) is 7.54. The first-order chi connectivity index (χ1) is 14.6. The van der Waals surface area contributed by atoms with Crippen LogP contribution in [0.2, 0.25) is 5.02 Å². The molecule has 5 rings (SSSR count). The van der Waals surface area contributed by atoms with Gasteiger partial charge in [-0.1, -0.05) is 48.0 Å². The molecule has 0 radical (unpaired) electrons. The van der Waals surface area contributed by atoms with E-state index in [0.717, 1.165) is 34.9 Å². The lowest BCUT2D eigenvalue weighted by molar-refractivity contribution is -0.681. The molecule has 2 aromatic carbocycles. The van der Waals surface area contributed by atoms with Gasteiger partial charge in [-0.2, -0.15) is 4.57 Å². The summed E-state index contributed by atoms with van der Waals surface area (Å²) in [7, 11) is 0. The molecule has 1 atom stereocenters. The number of aromatic nitrogens is 2. The van der Waals surface area contributed by atoms with Gasteiger partial charge in [-0.05, 0) is 36.6 Å². The molecular formula is C25H20ClN2O2+. The fourth-order valence-electron chi connectivity index (χ4n) is 4.27. The average molecular weight is 416 g/mol. The van der Waals surface area contributed by atoms with Crippen molar-refractivity contribution in [2.24, 2.45) is 0 Å². The largest absolute Gasteiger partial charge is 0.336 e. The minimum atomic E-state index is -0.240. The van der Waals surface area contributed by atoms with E-state index in [1.54, 1.807) is 6.07 Å². The number of carbonyl (C=O) groups excluding carboxylic acids is 2. The quantitative estimate of drug-likeness (QED) is 0.353. The molecule has 0 aliphatic heterocycles. The molecule has 0 saturated heterocycles. The third kappa shape index (κ3) is 3.33. The summed E-state index contributed by atoms with van der Waals surface area (Å²) in [5, 5.41) is 1.59. The van der Waals surface area contributed by atoms with E-state index in [2.05, 4.69) is 0 Å². The van der Waals surface area contributed by atoms with Crippen molar-refractivity contribution >= 4 is 34.1 Å². The van der Waals surface area contributed by atoms with E-state index in [1.807, 2.05) is 82.3 Å². The van der Waals surface area contributed by atoms with Gasteiger partial charge in [-0.25, -0.2) is 0 Å². The van der Waals surface area contributed by atoms with Crippen molar-refractivity contribution in [2.75, 3.05) is 0 Å². The van der Waals surface area contributed by atoms with Gasteiger partial charge in [-0.3, -0.25) is 9.59 Å². The van der Waals surface area contributed by atoms with Gasteiger partial charge >= 0.3 is 0 Å². The molecule has 0 N–H and O–H groups in total. The Hall–Kier alpha value is -3.24. The maximum atomic E-state index is 13.2. The highest BCUT2D eigenvalue weighted by Gasteiger charge is 2.29. The number of benzene rings is 2. The summed E-state index contributed by atoms with van der Waals surface area (Å²) in [6.45, 7) is 0.277. The number of hydrogen-bond acceptors (Lipinski definition) is 2. The monoisotopic (exact) mass is 415 g/mol. The van der Waals surface area contributed by atoms with Gasteiger partial charge in [0.15, 0.2) is 18.2 Å². The number of halogens is 1. The number of aryl methyl sites for hydroxylation is 1. The van der Waals surface area contributed by atoms with Crippen LogP contribution in [0, 0.1) is 0 Å². The number of nitrogens with zero attached hydrogens (tertiary/aromatic N) is 2. The Bertz CT molecular complexity index is 1280. The second-order valence-electron chi connectivity index (χ2n) is 7.69. The highest BCUT2D eigenvalue weighted by atomic mass is 35.5. The molecule has 5 heteroatoms. The maximum absolute atomic E-state index is 13.2. The minimum Gasteiger partial charge on any atom is -0.336 e. The van der Waals surface area contributed by atoms with Crippen LogP contribution in [0.1, 0.15) is 38.7 Å². The lowest BCUT2D eigenvalue weighted by Gasteiger charge is -2.25. The fourth-order valence-corrected chi connectivity index (χ4v) is 4.44. The van der Waals surface area contributed by atoms with Crippen LogP contribution in [0.4, 0.5) is 0 Å². The zero-order chi connectivity index (χ0) is 20.7. The first-order valence-corrected chi connectivity index (χ1v) is 10.4. The summed E-state index contributed by atoms with van der Waals surface area (Å²) in [4.78, 5) is 25.7. The minimum absolute atomic E-state index is 0.0651. The number of ketones is 2. The third-order valence-electron chi connectivity index (χ3n) is 5.80. The third-order valence-corrected chi connectivity index (χ3v) is 6.04. The Morgan fingerprint density at radius 1 is 1.10 bits per heavy atom. The number of pyridine rings is 1. The molecule has 2 aromatic heterocycles. The predicted octanol–water partition coefficient (Wildman–Crippen LogP) is 4.84. The van der Waals surface area contributed by atoms with E-state index in [-0.39, 0.29) is 24.2 Å². The molecule has 0 amide bonds. The Morgan fingerprint density at radius 3 is 2.77 bits per heavy atom. The standard InChI is InChI=1S/C25H20ClN2O2/c26-20-8-6-17-7-9-23(25(30)21(17)14-20)28-13-10-19-15-27(12-11-22(19)28)16-24(29)18-4-2-1-3-5-18/h1-6,8,10-15,23H,7,9,16H2/q+1. The molecule has 2 heterocycles. The van der Waals surface area contributed by atoms with E-state index < -0.39 is 0 Å². The van der Waals surface area contributed by atoms with E-state index in [9.17, 15) is 9.59 Å². The lowest BCUT2D eigenvalue weighted by atomic mass is 9.87. The van der Waals surface area contributed by atoms with Crippen LogP contribution in [0.3, 0.4) is 0 Å². The first-order valence-electron chi connectivity index (χ1n) is 10.0. The summed E-state index contributed by atoms with van der Waals surface area (Å²) in [5.74, 6) is 0.169. The highest BCUT2D eigenvalue weighted by molar-refractivity contribution is 6.31. The fraction of sp³-hybridized carbons (Fsp3) is 0.160. The SMILES string of the molecule is O=C(C[n+]1ccc2c(ccn2C2CCc3ccc(Cl)cc3C2=O)c1)c1ccccc1. The van der Waals surface area contributed by atoms with Gasteiger partial charge in [0.25, 0.3) is 0 Å². The van der Waals surface area contributed by atoms with Crippen molar-refractivity contribution in [1.29, 1.82) is 0 Å². The molecule has 148 valence electrons. The maximum Gasteiger partial charge on any atom is 0.227 e. The topological polar surface area (TPSA) is 43.0 Å². The normalized spacial score (nSPS) is 15.9. The first kappa shape index (κ1) is 18.8. The molecule has 4 aromatic rings. The van der Waals surface area contributed by atoms with Crippen LogP contribution in [0.25, 0.3) is 10.9 Å². The zero-order valence-electron chi connectivity index (χ0n) is 16.3. The van der Waals surface area contributed by atoms with Crippen LogP contribution >= 0.6 is 11.6 Å². The number of hydrogen-bond donors (Lipinski definition) is 0. The highest BCUT2D eigenvalue weighted by Crippen LogP contribution is 2.32. The number of fused-ring (bicyclic) bond motifs is 2. The van der Waals surface area contributed by atoms with Crippen molar-refractivity contribution < 1.29 is 14.2 Å². The summed E-state index contributed by atoms with van der Waals surface area (Å²) in [6.07, 6.45) is 7.44. The van der Waals surface area contributed by atoms with Crippen molar-refractivity contribution in [1.82, 2.24) is 4.57 Å². The second-order valence-corrected chi connectivity index (χ2v) is 8.13. The summed E-state index contributed by atoms with van der Waals surface area (Å²) in [6, 6.07) is 18.6. The number of carbonyl (C=O) groups is 2. The molecular weight excluding hydrogens is 396 g/mol. The van der Waals surface area contributed by atoms with E-state index in [4.69, 9.17) is 11.6 Å². The zero-order valence-corrected chi connectivity index (χ0v) is 17.0. The van der Waals surface area contributed by atoms with Gasteiger partial charge in [0.2, 0.25) is 12.3 Å². The van der Waals surface area contributed by atoms with Crippen LogP contribution in [0.5, 0.6) is 0 Å². The predicted molar refractivity (Wildman–Crippen MR) is 116 cm³/mol. The Balaban J connectivity index is 1.43. The van der Waals surface area contributed by atoms with E-state index >= 15 is 0 Å². The molecule has 4 nitrogen and oxygen atoms in total. The Kier molecular flexibility index (Phi) is 4.72. The molecule has 1 unspecified atom stereocenters. The van der Waals surface area contributed by atoms with Gasteiger partial charge in [0.1, 0.15) is 0 Å². The number of Topliss-reactive ketones (excluding diaryl/α,β-unsaturated/α-hetero) is 2. The van der Waals surface area contributed by atoms with Gasteiger partial charge in [0, 0.05) is 28.4 Å². The summed E-state index contributed by atoms with van der Waals surface area (Å²) < 4.78 is 3.94. The van der Waals surface area contributed by atoms with Crippen molar-refractivity contribution in [3.8, 4) is 0 Å². The van der Waals surface area contributed by atoms with E-state index in [1.165, 1.54) is 0 Å². The molecule has 0 bridgehead atoms. The molecule has 0 fully saturated rings.